The average molecular weight is 385 g/mol. The van der Waals surface area contributed by atoms with Crippen LogP contribution in [0.2, 0.25) is 5.02 Å². The van der Waals surface area contributed by atoms with Gasteiger partial charge in [-0.3, -0.25) is 0 Å². The van der Waals surface area contributed by atoms with Crippen LogP contribution in [0.1, 0.15) is 43.4 Å². The second-order valence-electron chi connectivity index (χ2n) is 6.86. The molecule has 1 atom stereocenters. The Morgan fingerprint density at radius 1 is 1.30 bits per heavy atom. The lowest BCUT2D eigenvalue weighted by Gasteiger charge is -2.23. The van der Waals surface area contributed by atoms with Crippen LogP contribution in [0.3, 0.4) is 0 Å². The van der Waals surface area contributed by atoms with E-state index < -0.39 is 0 Å². The molecular weight excluding hydrogens is 360 g/mol. The molecule has 0 spiro atoms. The minimum Gasteiger partial charge on any atom is -0.399 e. The highest BCUT2D eigenvalue weighted by Gasteiger charge is 2.27. The summed E-state index contributed by atoms with van der Waals surface area (Å²) in [5, 5.41) is 9.92. The number of nitrogens with zero attached hydrogens (tertiary/aromatic N) is 2. The monoisotopic (exact) mass is 384 g/mol. The van der Waals surface area contributed by atoms with Gasteiger partial charge in [0.2, 0.25) is 0 Å². The van der Waals surface area contributed by atoms with E-state index in [1.54, 1.807) is 5.01 Å². The molecular formula is C21H25ClN4O. The predicted octanol–water partition coefficient (Wildman–Crippen LogP) is 4.43. The van der Waals surface area contributed by atoms with Gasteiger partial charge in [-0.2, -0.15) is 5.10 Å². The van der Waals surface area contributed by atoms with Crippen molar-refractivity contribution < 1.29 is 4.79 Å². The first-order valence-corrected chi connectivity index (χ1v) is 9.67. The molecule has 2 aromatic rings. The molecule has 0 saturated carbocycles. The molecule has 27 heavy (non-hydrogen) atoms. The zero-order valence-electron chi connectivity index (χ0n) is 15.7. The zero-order chi connectivity index (χ0) is 19.4. The van der Waals surface area contributed by atoms with E-state index in [-0.39, 0.29) is 12.1 Å². The van der Waals surface area contributed by atoms with Crippen LogP contribution in [0, 0.1) is 0 Å². The molecule has 0 aliphatic carbocycles. The van der Waals surface area contributed by atoms with Crippen molar-refractivity contribution in [3.63, 3.8) is 0 Å². The van der Waals surface area contributed by atoms with Gasteiger partial charge in [0.25, 0.3) is 0 Å². The number of benzene rings is 2. The molecule has 0 fully saturated rings. The summed E-state index contributed by atoms with van der Waals surface area (Å²) in [7, 11) is 0. The Morgan fingerprint density at radius 3 is 2.74 bits per heavy atom. The van der Waals surface area contributed by atoms with Gasteiger partial charge in [0.15, 0.2) is 0 Å². The second kappa shape index (κ2) is 8.44. The quantitative estimate of drug-likeness (QED) is 0.604. The molecule has 5 nitrogen and oxygen atoms in total. The lowest BCUT2D eigenvalue weighted by molar-refractivity contribution is 0.182. The van der Waals surface area contributed by atoms with E-state index >= 15 is 0 Å². The van der Waals surface area contributed by atoms with Crippen molar-refractivity contribution in [2.45, 2.75) is 39.2 Å². The third-order valence-corrected chi connectivity index (χ3v) is 4.90. The van der Waals surface area contributed by atoms with Crippen LogP contribution in [-0.4, -0.2) is 29.3 Å². The fourth-order valence-electron chi connectivity index (χ4n) is 3.16. The van der Waals surface area contributed by atoms with Crippen LogP contribution in [0.25, 0.3) is 0 Å². The summed E-state index contributed by atoms with van der Waals surface area (Å²) >= 11 is 6.26. The van der Waals surface area contributed by atoms with Crippen LogP contribution >= 0.6 is 11.6 Å². The summed E-state index contributed by atoms with van der Waals surface area (Å²) in [6, 6.07) is 13.1. The number of unbranched alkanes of at least 4 members (excludes halogenated alkanes) is 1. The molecule has 2 amide bonds. The molecule has 1 unspecified atom stereocenters. The number of anilines is 1. The van der Waals surface area contributed by atoms with Gasteiger partial charge in [-0.25, -0.2) is 9.80 Å². The lowest BCUT2D eigenvalue weighted by atomic mass is 9.95. The Labute approximate surface area is 165 Å². The van der Waals surface area contributed by atoms with E-state index in [4.69, 9.17) is 22.4 Å². The van der Waals surface area contributed by atoms with Crippen molar-refractivity contribution in [2.75, 3.05) is 12.3 Å². The van der Waals surface area contributed by atoms with Crippen molar-refractivity contribution in [1.82, 2.24) is 10.3 Å². The summed E-state index contributed by atoms with van der Waals surface area (Å²) in [5.41, 5.74) is 10.2. The van der Waals surface area contributed by atoms with Crippen LogP contribution in [0.5, 0.6) is 0 Å². The first-order chi connectivity index (χ1) is 13.0. The van der Waals surface area contributed by atoms with E-state index in [1.807, 2.05) is 49.4 Å². The minimum atomic E-state index is -0.178. The minimum absolute atomic E-state index is 0.0715. The predicted molar refractivity (Wildman–Crippen MR) is 111 cm³/mol. The van der Waals surface area contributed by atoms with Crippen molar-refractivity contribution in [1.29, 1.82) is 0 Å². The molecule has 1 aliphatic rings. The topological polar surface area (TPSA) is 70.7 Å². The number of amides is 2. The van der Waals surface area contributed by atoms with E-state index in [2.05, 4.69) is 12.2 Å². The SMILES string of the molecule is CCCCNC(=O)N1N=C(c2ccc(N)cc2)c2cc(Cl)ccc2CC1C. The van der Waals surface area contributed by atoms with Crippen LogP contribution in [0.15, 0.2) is 47.6 Å². The normalized spacial score (nSPS) is 16.3. The van der Waals surface area contributed by atoms with Gasteiger partial charge in [-0.05, 0) is 49.6 Å². The van der Waals surface area contributed by atoms with Gasteiger partial charge in [0, 0.05) is 28.4 Å². The molecule has 6 heteroatoms. The van der Waals surface area contributed by atoms with Crippen LogP contribution in [0.4, 0.5) is 10.5 Å². The molecule has 1 aliphatic heterocycles. The van der Waals surface area contributed by atoms with E-state index in [0.717, 1.165) is 35.2 Å². The second-order valence-corrected chi connectivity index (χ2v) is 7.29. The summed E-state index contributed by atoms with van der Waals surface area (Å²) in [5.74, 6) is 0. The highest BCUT2D eigenvalue weighted by Crippen LogP contribution is 2.26. The number of nitrogen functional groups attached to an aromatic ring is 1. The maximum absolute atomic E-state index is 12.7. The largest absolute Gasteiger partial charge is 0.399 e. The molecule has 1 heterocycles. The van der Waals surface area contributed by atoms with Crippen molar-refractivity contribution in [3.8, 4) is 0 Å². The van der Waals surface area contributed by atoms with Crippen LogP contribution < -0.4 is 11.1 Å². The number of carbonyl (C=O) groups excluding carboxylic acids is 1. The number of rotatable bonds is 4. The van der Waals surface area contributed by atoms with Gasteiger partial charge in [-0.1, -0.05) is 43.1 Å². The van der Waals surface area contributed by atoms with Gasteiger partial charge in [0.05, 0.1) is 11.8 Å². The van der Waals surface area contributed by atoms with E-state index in [0.29, 0.717) is 23.7 Å². The van der Waals surface area contributed by atoms with Gasteiger partial charge >= 0.3 is 6.03 Å². The summed E-state index contributed by atoms with van der Waals surface area (Å²) in [4.78, 5) is 12.7. The van der Waals surface area contributed by atoms with Gasteiger partial charge < -0.3 is 11.1 Å². The summed E-state index contributed by atoms with van der Waals surface area (Å²) < 4.78 is 0. The van der Waals surface area contributed by atoms with E-state index in [9.17, 15) is 4.79 Å². The molecule has 142 valence electrons. The first kappa shape index (κ1) is 19.2. The molecule has 0 aromatic heterocycles. The van der Waals surface area contributed by atoms with Crippen LogP contribution in [-0.2, 0) is 6.42 Å². The average Bonchev–Trinajstić information content (AvgIpc) is 2.79. The highest BCUT2D eigenvalue weighted by molar-refractivity contribution is 6.31. The van der Waals surface area contributed by atoms with Crippen molar-refractivity contribution >= 4 is 29.0 Å². The molecule has 0 saturated heterocycles. The first-order valence-electron chi connectivity index (χ1n) is 9.30. The van der Waals surface area contributed by atoms with Gasteiger partial charge in [0.1, 0.15) is 0 Å². The standard InChI is InChI=1S/C21H25ClN4O/c1-3-4-11-24-21(27)26-14(2)12-16-5-8-17(22)13-19(16)20(25-26)15-6-9-18(23)10-7-15/h5-10,13-14H,3-4,11-12,23H2,1-2H3,(H,24,27). The van der Waals surface area contributed by atoms with E-state index in [1.165, 1.54) is 0 Å². The molecule has 0 radical (unpaired) electrons. The maximum Gasteiger partial charge on any atom is 0.338 e. The Kier molecular flexibility index (Phi) is 6.01. The smallest absolute Gasteiger partial charge is 0.338 e. The number of hydrogen-bond acceptors (Lipinski definition) is 3. The maximum atomic E-state index is 12.7. The Hall–Kier alpha value is -2.53. The fourth-order valence-corrected chi connectivity index (χ4v) is 3.34. The Balaban J connectivity index is 2.05. The number of urea groups is 1. The molecule has 0 bridgehead atoms. The third kappa shape index (κ3) is 4.42. The third-order valence-electron chi connectivity index (χ3n) is 4.67. The molecule has 3 rings (SSSR count). The Morgan fingerprint density at radius 2 is 2.04 bits per heavy atom. The van der Waals surface area contributed by atoms with Crippen molar-refractivity contribution in [2.24, 2.45) is 5.10 Å². The summed E-state index contributed by atoms with van der Waals surface area (Å²) in [6.45, 7) is 4.75. The summed E-state index contributed by atoms with van der Waals surface area (Å²) in [6.07, 6.45) is 2.67. The Bertz CT molecular complexity index is 848. The number of hydrogen-bond donors (Lipinski definition) is 2. The number of nitrogens with one attached hydrogen (secondary N) is 1. The molecule has 3 N–H and O–H groups in total. The number of carbonyl (C=O) groups is 1. The number of hydrazone groups is 1. The number of nitrogens with two attached hydrogens (primary N) is 1. The van der Waals surface area contributed by atoms with Gasteiger partial charge in [-0.15, -0.1) is 0 Å². The van der Waals surface area contributed by atoms with Crippen molar-refractivity contribution in [3.05, 3.63) is 64.2 Å². The number of halogens is 1. The number of fused-ring (bicyclic) bond motifs is 1. The zero-order valence-corrected chi connectivity index (χ0v) is 16.5. The molecule has 2 aromatic carbocycles. The highest BCUT2D eigenvalue weighted by atomic mass is 35.5. The fraction of sp³-hybridized carbons (Fsp3) is 0.333. The lowest BCUT2D eigenvalue weighted by Crippen LogP contribution is -2.42.